The number of alkyl carbamates (subject to hydrolysis) is 1. The lowest BCUT2D eigenvalue weighted by molar-refractivity contribution is -0.144. The minimum absolute atomic E-state index is 0.329. The molecule has 31 heavy (non-hydrogen) atoms. The van der Waals surface area contributed by atoms with E-state index >= 15 is 0 Å². The molecule has 0 spiro atoms. The van der Waals surface area contributed by atoms with Crippen LogP contribution in [0.5, 0.6) is 0 Å². The number of hydrogen-bond acceptors (Lipinski definition) is 4. The van der Waals surface area contributed by atoms with E-state index in [1.54, 1.807) is 0 Å². The topological polar surface area (TPSA) is 91.2 Å². The molecule has 0 bridgehead atoms. The number of amides is 2. The van der Waals surface area contributed by atoms with Crippen molar-refractivity contribution < 1.29 is 14.3 Å². The number of ether oxygens (including phenoxy) is 1. The Labute approximate surface area is 183 Å². The Morgan fingerprint density at radius 2 is 1.58 bits per heavy atom. The van der Waals surface area contributed by atoms with Crippen molar-refractivity contribution in [3.8, 4) is 6.07 Å². The molecule has 0 radical (unpaired) electrons. The number of carbonyl (C=O) groups excluding carboxylic acids is 2. The number of nitrogens with one attached hydrogen (secondary N) is 2. The smallest absolute Gasteiger partial charge is 0.408 e. The van der Waals surface area contributed by atoms with Crippen molar-refractivity contribution in [2.24, 2.45) is 0 Å². The second-order valence-corrected chi connectivity index (χ2v) is 7.96. The van der Waals surface area contributed by atoms with Gasteiger partial charge in [0.15, 0.2) is 5.60 Å². The first-order valence-corrected chi connectivity index (χ1v) is 10.9. The first-order chi connectivity index (χ1) is 15.1. The summed E-state index contributed by atoms with van der Waals surface area (Å²) in [5.41, 5.74) is 0.842. The summed E-state index contributed by atoms with van der Waals surface area (Å²) < 4.78 is 5.70. The zero-order chi connectivity index (χ0) is 21.9. The summed E-state index contributed by atoms with van der Waals surface area (Å²) in [4.78, 5) is 25.6. The van der Waals surface area contributed by atoms with Gasteiger partial charge in [-0.25, -0.2) is 4.79 Å². The van der Waals surface area contributed by atoms with Crippen molar-refractivity contribution in [1.82, 2.24) is 10.6 Å². The molecular formula is C25H29N3O3. The van der Waals surface area contributed by atoms with E-state index in [1.807, 2.05) is 60.7 Å². The molecule has 0 saturated heterocycles. The van der Waals surface area contributed by atoms with Crippen LogP contribution in [0.3, 0.4) is 0 Å². The quantitative estimate of drug-likeness (QED) is 0.669. The Kier molecular flexibility index (Phi) is 8.05. The second-order valence-electron chi connectivity index (χ2n) is 7.96. The van der Waals surface area contributed by atoms with Crippen LogP contribution in [0.4, 0.5) is 4.79 Å². The lowest BCUT2D eigenvalue weighted by Gasteiger charge is -2.35. The van der Waals surface area contributed by atoms with Gasteiger partial charge < -0.3 is 15.4 Å². The van der Waals surface area contributed by atoms with Gasteiger partial charge in [-0.3, -0.25) is 4.79 Å². The molecule has 0 heterocycles. The van der Waals surface area contributed by atoms with Crippen LogP contribution in [0.1, 0.15) is 49.7 Å². The third kappa shape index (κ3) is 6.58. The van der Waals surface area contributed by atoms with Crippen LogP contribution in [0.2, 0.25) is 0 Å². The fourth-order valence-electron chi connectivity index (χ4n) is 3.90. The predicted molar refractivity (Wildman–Crippen MR) is 118 cm³/mol. The minimum Gasteiger partial charge on any atom is -0.433 e. The van der Waals surface area contributed by atoms with Gasteiger partial charge in [0, 0.05) is 6.54 Å². The highest BCUT2D eigenvalue weighted by molar-refractivity contribution is 5.88. The van der Waals surface area contributed by atoms with Gasteiger partial charge in [-0.2, -0.15) is 5.26 Å². The number of nitrogens with zero attached hydrogens (tertiary/aromatic N) is 1. The Bertz CT molecular complexity index is 887. The molecule has 6 heteroatoms. The molecular weight excluding hydrogens is 390 g/mol. The van der Waals surface area contributed by atoms with Gasteiger partial charge in [-0.15, -0.1) is 0 Å². The van der Waals surface area contributed by atoms with Crippen LogP contribution in [0, 0.1) is 11.3 Å². The fourth-order valence-corrected chi connectivity index (χ4v) is 3.90. The molecule has 1 saturated carbocycles. The molecule has 1 aliphatic rings. The van der Waals surface area contributed by atoms with E-state index in [1.165, 1.54) is 0 Å². The first kappa shape index (κ1) is 22.4. The molecule has 1 aliphatic carbocycles. The number of hydrogen-bond donors (Lipinski definition) is 2. The highest BCUT2D eigenvalue weighted by atomic mass is 16.6. The van der Waals surface area contributed by atoms with E-state index in [-0.39, 0.29) is 5.91 Å². The van der Waals surface area contributed by atoms with Crippen LogP contribution in [-0.4, -0.2) is 23.6 Å². The molecule has 2 aromatic carbocycles. The lowest BCUT2D eigenvalue weighted by Crippen LogP contribution is -2.54. The average molecular weight is 420 g/mol. The van der Waals surface area contributed by atoms with Crippen LogP contribution < -0.4 is 10.6 Å². The molecule has 2 aromatic rings. The average Bonchev–Trinajstić information content (AvgIpc) is 2.82. The normalized spacial score (nSPS) is 15.8. The number of nitriles is 1. The van der Waals surface area contributed by atoms with Gasteiger partial charge in [-0.1, -0.05) is 67.1 Å². The standard InChI is InChI=1S/C25H29N3O3/c26-18-22(15-14-20-10-4-1-5-11-20)28-23(29)25(16-8-3-9-17-25)31-24(30)27-19-21-12-6-2-7-13-21/h1-2,4-7,10-13,22H,3,8-9,14-17,19H2,(H,27,30)(H,28,29)/t22-/m0/s1. The van der Waals surface area contributed by atoms with E-state index in [0.29, 0.717) is 32.2 Å². The van der Waals surface area contributed by atoms with Gasteiger partial charge >= 0.3 is 6.09 Å². The van der Waals surface area contributed by atoms with Gasteiger partial charge in [0.05, 0.1) is 6.07 Å². The number of carbonyl (C=O) groups is 2. The summed E-state index contributed by atoms with van der Waals surface area (Å²) in [5, 5.41) is 15.1. The molecule has 1 fully saturated rings. The summed E-state index contributed by atoms with van der Waals surface area (Å²) >= 11 is 0. The number of rotatable bonds is 8. The Hall–Kier alpha value is -3.33. The van der Waals surface area contributed by atoms with Gasteiger partial charge in [0.2, 0.25) is 0 Å². The van der Waals surface area contributed by atoms with Gasteiger partial charge in [0.25, 0.3) is 5.91 Å². The van der Waals surface area contributed by atoms with Crippen LogP contribution in [0.25, 0.3) is 0 Å². The molecule has 0 aliphatic heterocycles. The van der Waals surface area contributed by atoms with E-state index in [0.717, 1.165) is 30.4 Å². The molecule has 0 aromatic heterocycles. The second kappa shape index (κ2) is 11.2. The maximum Gasteiger partial charge on any atom is 0.408 e. The zero-order valence-corrected chi connectivity index (χ0v) is 17.7. The third-order valence-electron chi connectivity index (χ3n) is 5.67. The van der Waals surface area contributed by atoms with Crippen LogP contribution in [-0.2, 0) is 22.5 Å². The van der Waals surface area contributed by atoms with Crippen molar-refractivity contribution in [2.75, 3.05) is 0 Å². The highest BCUT2D eigenvalue weighted by Gasteiger charge is 2.44. The largest absolute Gasteiger partial charge is 0.433 e. The summed E-state index contributed by atoms with van der Waals surface area (Å²) in [6, 6.07) is 20.9. The summed E-state index contributed by atoms with van der Waals surface area (Å²) in [7, 11) is 0. The van der Waals surface area contributed by atoms with E-state index in [9.17, 15) is 14.9 Å². The summed E-state index contributed by atoms with van der Waals surface area (Å²) in [6.45, 7) is 0.329. The lowest BCUT2D eigenvalue weighted by atomic mass is 9.83. The van der Waals surface area contributed by atoms with E-state index in [4.69, 9.17) is 4.74 Å². The maximum absolute atomic E-state index is 13.1. The van der Waals surface area contributed by atoms with Crippen molar-refractivity contribution in [1.29, 1.82) is 5.26 Å². The van der Waals surface area contributed by atoms with E-state index in [2.05, 4.69) is 16.7 Å². The van der Waals surface area contributed by atoms with Gasteiger partial charge in [-0.05, 0) is 49.7 Å². The Morgan fingerprint density at radius 1 is 0.968 bits per heavy atom. The monoisotopic (exact) mass is 419 g/mol. The van der Waals surface area contributed by atoms with Gasteiger partial charge in [0.1, 0.15) is 6.04 Å². The molecule has 2 N–H and O–H groups in total. The molecule has 3 rings (SSSR count). The molecule has 162 valence electrons. The van der Waals surface area contributed by atoms with Crippen molar-refractivity contribution in [3.63, 3.8) is 0 Å². The minimum atomic E-state index is -1.22. The predicted octanol–water partition coefficient (Wildman–Crippen LogP) is 4.26. The number of benzene rings is 2. The molecule has 2 amide bonds. The van der Waals surface area contributed by atoms with Crippen LogP contribution >= 0.6 is 0 Å². The Balaban J connectivity index is 1.59. The van der Waals surface area contributed by atoms with Crippen LogP contribution in [0.15, 0.2) is 60.7 Å². The molecule has 1 atom stereocenters. The number of aryl methyl sites for hydroxylation is 1. The molecule has 6 nitrogen and oxygen atoms in total. The van der Waals surface area contributed by atoms with Crippen molar-refractivity contribution in [3.05, 3.63) is 71.8 Å². The van der Waals surface area contributed by atoms with Crippen molar-refractivity contribution in [2.45, 2.75) is 63.1 Å². The maximum atomic E-state index is 13.1. The summed E-state index contributed by atoms with van der Waals surface area (Å²) in [6.07, 6.45) is 4.12. The SMILES string of the molecule is N#C[C@H](CCc1ccccc1)NC(=O)C1(OC(=O)NCc2ccccc2)CCCCC1. The van der Waals surface area contributed by atoms with Crippen molar-refractivity contribution >= 4 is 12.0 Å². The molecule has 0 unspecified atom stereocenters. The zero-order valence-electron chi connectivity index (χ0n) is 17.7. The van der Waals surface area contributed by atoms with E-state index < -0.39 is 17.7 Å². The Morgan fingerprint density at radius 3 is 2.19 bits per heavy atom. The third-order valence-corrected chi connectivity index (χ3v) is 5.67. The highest BCUT2D eigenvalue weighted by Crippen LogP contribution is 2.32. The first-order valence-electron chi connectivity index (χ1n) is 10.9. The fraction of sp³-hybridized carbons (Fsp3) is 0.400. The summed E-state index contributed by atoms with van der Waals surface area (Å²) in [5.74, 6) is -0.373.